The fourth-order valence-corrected chi connectivity index (χ4v) is 4.26. The van der Waals surface area contributed by atoms with Gasteiger partial charge >= 0.3 is 5.97 Å². The molecule has 0 spiro atoms. The van der Waals surface area contributed by atoms with Crippen LogP contribution < -0.4 is 5.32 Å². The van der Waals surface area contributed by atoms with Crippen LogP contribution in [-0.4, -0.2) is 36.4 Å². The highest BCUT2D eigenvalue weighted by Crippen LogP contribution is 2.37. The summed E-state index contributed by atoms with van der Waals surface area (Å²) in [6.45, 7) is 1.73. The Labute approximate surface area is 129 Å². The Kier molecular flexibility index (Phi) is 4.28. The first-order chi connectivity index (χ1) is 10.2. The van der Waals surface area contributed by atoms with E-state index in [0.29, 0.717) is 36.9 Å². The highest BCUT2D eigenvalue weighted by atomic mass is 32.2. The van der Waals surface area contributed by atoms with Gasteiger partial charge in [0.25, 0.3) is 0 Å². The van der Waals surface area contributed by atoms with E-state index in [1.54, 1.807) is 13.0 Å². The average molecular weight is 325 g/mol. The maximum absolute atomic E-state index is 12.6. The molecular formula is C15H19NO5S. The number of aryl methyl sites for hydroxylation is 1. The number of carbonyl (C=O) groups is 2. The molecule has 0 heterocycles. The number of nitrogens with one attached hydrogen (secondary N) is 1. The van der Waals surface area contributed by atoms with E-state index in [9.17, 15) is 18.0 Å². The molecule has 7 heteroatoms. The first-order valence-electron chi connectivity index (χ1n) is 7.02. The zero-order chi connectivity index (χ0) is 16.5. The van der Waals surface area contributed by atoms with Gasteiger partial charge in [0, 0.05) is 11.9 Å². The summed E-state index contributed by atoms with van der Waals surface area (Å²) >= 11 is 0. The second kappa shape index (κ2) is 5.72. The number of rotatable bonds is 4. The van der Waals surface area contributed by atoms with Crippen LogP contribution in [0.4, 0.5) is 5.69 Å². The standard InChI is InChI=1S/C15H19NO5S/c1-10-5-6-11(13(17)18)9-12(10)16-14(19)15(22(2,20)21)7-3-4-8-15/h5-6,9H,3-4,7-8H2,1-2H3,(H,16,19)(H,17,18). The van der Waals surface area contributed by atoms with Crippen LogP contribution in [0, 0.1) is 6.92 Å². The molecular weight excluding hydrogens is 306 g/mol. The molecule has 1 saturated carbocycles. The molecule has 0 saturated heterocycles. The van der Waals surface area contributed by atoms with Crippen LogP contribution in [0.25, 0.3) is 0 Å². The van der Waals surface area contributed by atoms with Crippen molar-refractivity contribution in [2.75, 3.05) is 11.6 Å². The van der Waals surface area contributed by atoms with Crippen LogP contribution in [0.15, 0.2) is 18.2 Å². The maximum Gasteiger partial charge on any atom is 0.335 e. The largest absolute Gasteiger partial charge is 0.478 e. The van der Waals surface area contributed by atoms with Gasteiger partial charge in [-0.15, -0.1) is 0 Å². The lowest BCUT2D eigenvalue weighted by Gasteiger charge is -2.26. The van der Waals surface area contributed by atoms with Crippen molar-refractivity contribution in [1.29, 1.82) is 0 Å². The van der Waals surface area contributed by atoms with Gasteiger partial charge in [-0.05, 0) is 37.5 Å². The Morgan fingerprint density at radius 2 is 1.82 bits per heavy atom. The fraction of sp³-hybridized carbons (Fsp3) is 0.467. The molecule has 0 atom stereocenters. The second-order valence-electron chi connectivity index (χ2n) is 5.76. The Morgan fingerprint density at radius 3 is 2.32 bits per heavy atom. The predicted octanol–water partition coefficient (Wildman–Crippen LogP) is 1.99. The Bertz CT molecular complexity index is 717. The van der Waals surface area contributed by atoms with Gasteiger partial charge in [-0.1, -0.05) is 18.9 Å². The van der Waals surface area contributed by atoms with E-state index in [1.807, 2.05) is 0 Å². The number of carboxylic acid groups (broad SMARTS) is 1. The Balaban J connectivity index is 2.36. The lowest BCUT2D eigenvalue weighted by Crippen LogP contribution is -2.47. The van der Waals surface area contributed by atoms with Gasteiger partial charge in [0.2, 0.25) is 5.91 Å². The molecule has 1 aromatic rings. The van der Waals surface area contributed by atoms with Crippen molar-refractivity contribution in [2.45, 2.75) is 37.4 Å². The molecule has 1 aliphatic rings. The molecule has 0 radical (unpaired) electrons. The van der Waals surface area contributed by atoms with Crippen molar-refractivity contribution < 1.29 is 23.1 Å². The molecule has 1 fully saturated rings. The molecule has 0 aromatic heterocycles. The van der Waals surface area contributed by atoms with Gasteiger partial charge in [0.1, 0.15) is 0 Å². The van der Waals surface area contributed by atoms with E-state index < -0.39 is 26.5 Å². The van der Waals surface area contributed by atoms with Crippen LogP contribution in [0.3, 0.4) is 0 Å². The molecule has 22 heavy (non-hydrogen) atoms. The molecule has 2 rings (SSSR count). The number of anilines is 1. The Morgan fingerprint density at radius 1 is 1.23 bits per heavy atom. The number of amides is 1. The molecule has 1 aliphatic carbocycles. The van der Waals surface area contributed by atoms with Crippen molar-refractivity contribution in [1.82, 2.24) is 0 Å². The third kappa shape index (κ3) is 2.85. The van der Waals surface area contributed by atoms with E-state index in [-0.39, 0.29) is 5.56 Å². The minimum atomic E-state index is -3.55. The third-order valence-electron chi connectivity index (χ3n) is 4.27. The molecule has 1 amide bonds. The molecule has 0 aliphatic heterocycles. The zero-order valence-electron chi connectivity index (χ0n) is 12.5. The molecule has 6 nitrogen and oxygen atoms in total. The first kappa shape index (κ1) is 16.5. The van der Waals surface area contributed by atoms with E-state index in [4.69, 9.17) is 5.11 Å². The number of aromatic carboxylic acids is 1. The number of carbonyl (C=O) groups excluding carboxylic acids is 1. The van der Waals surface area contributed by atoms with Crippen LogP contribution in [0.1, 0.15) is 41.6 Å². The smallest absolute Gasteiger partial charge is 0.335 e. The van der Waals surface area contributed by atoms with Gasteiger partial charge in [-0.3, -0.25) is 4.79 Å². The number of benzene rings is 1. The number of sulfone groups is 1. The summed E-state index contributed by atoms with van der Waals surface area (Å²) in [6.07, 6.45) is 3.06. The number of hydrogen-bond donors (Lipinski definition) is 2. The normalized spacial score (nSPS) is 17.2. The zero-order valence-corrected chi connectivity index (χ0v) is 13.4. The number of carboxylic acids is 1. The quantitative estimate of drug-likeness (QED) is 0.881. The van der Waals surface area contributed by atoms with Crippen LogP contribution in [0.2, 0.25) is 0 Å². The van der Waals surface area contributed by atoms with Crippen molar-refractivity contribution in [2.24, 2.45) is 0 Å². The van der Waals surface area contributed by atoms with Crippen LogP contribution >= 0.6 is 0 Å². The molecule has 0 unspecified atom stereocenters. The topological polar surface area (TPSA) is 101 Å². The van der Waals surface area contributed by atoms with E-state index >= 15 is 0 Å². The van der Waals surface area contributed by atoms with Gasteiger partial charge in [-0.25, -0.2) is 13.2 Å². The lowest BCUT2D eigenvalue weighted by molar-refractivity contribution is -0.118. The average Bonchev–Trinajstić information content (AvgIpc) is 2.91. The van der Waals surface area contributed by atoms with Crippen molar-refractivity contribution in [3.8, 4) is 0 Å². The summed E-state index contributed by atoms with van der Waals surface area (Å²) in [5, 5.41) is 11.6. The lowest BCUT2D eigenvalue weighted by atomic mass is 10.0. The van der Waals surface area contributed by atoms with Crippen molar-refractivity contribution in [3.05, 3.63) is 29.3 Å². The SMILES string of the molecule is Cc1ccc(C(=O)O)cc1NC(=O)C1(S(C)(=O)=O)CCCC1. The monoisotopic (exact) mass is 325 g/mol. The summed E-state index contributed by atoms with van der Waals surface area (Å²) in [6, 6.07) is 4.37. The molecule has 120 valence electrons. The van der Waals surface area contributed by atoms with Crippen molar-refractivity contribution >= 4 is 27.4 Å². The summed E-state index contributed by atoms with van der Waals surface area (Å²) in [5.74, 6) is -1.67. The molecule has 2 N–H and O–H groups in total. The van der Waals surface area contributed by atoms with Gasteiger partial charge < -0.3 is 10.4 Å². The Hall–Kier alpha value is -1.89. The highest BCUT2D eigenvalue weighted by molar-refractivity contribution is 7.92. The summed E-state index contributed by atoms with van der Waals surface area (Å²) in [5.41, 5.74) is 1.06. The van der Waals surface area contributed by atoms with E-state index in [2.05, 4.69) is 5.32 Å². The third-order valence-corrected chi connectivity index (χ3v) is 6.28. The summed E-state index contributed by atoms with van der Waals surface area (Å²) in [7, 11) is -3.55. The van der Waals surface area contributed by atoms with E-state index in [1.165, 1.54) is 12.1 Å². The van der Waals surface area contributed by atoms with E-state index in [0.717, 1.165) is 6.26 Å². The van der Waals surface area contributed by atoms with Crippen molar-refractivity contribution in [3.63, 3.8) is 0 Å². The maximum atomic E-state index is 12.6. The first-order valence-corrected chi connectivity index (χ1v) is 8.91. The molecule has 1 aromatic carbocycles. The summed E-state index contributed by atoms with van der Waals surface area (Å²) < 4.78 is 22.8. The minimum Gasteiger partial charge on any atom is -0.478 e. The minimum absolute atomic E-state index is 0.0423. The van der Waals surface area contributed by atoms with Gasteiger partial charge in [0.05, 0.1) is 5.56 Å². The highest BCUT2D eigenvalue weighted by Gasteiger charge is 2.50. The summed E-state index contributed by atoms with van der Waals surface area (Å²) in [4.78, 5) is 23.6. The van der Waals surface area contributed by atoms with Gasteiger partial charge in [0.15, 0.2) is 14.6 Å². The second-order valence-corrected chi connectivity index (χ2v) is 8.09. The van der Waals surface area contributed by atoms with Crippen LogP contribution in [0.5, 0.6) is 0 Å². The fourth-order valence-electron chi connectivity index (χ4n) is 2.84. The number of hydrogen-bond acceptors (Lipinski definition) is 4. The molecule has 0 bridgehead atoms. The predicted molar refractivity (Wildman–Crippen MR) is 82.8 cm³/mol. The van der Waals surface area contributed by atoms with Gasteiger partial charge in [-0.2, -0.15) is 0 Å². The van der Waals surface area contributed by atoms with Crippen LogP contribution in [-0.2, 0) is 14.6 Å².